The lowest BCUT2D eigenvalue weighted by molar-refractivity contribution is -0.127. The molecule has 7 nitrogen and oxygen atoms in total. The van der Waals surface area contributed by atoms with E-state index in [0.717, 1.165) is 46.6 Å². The monoisotopic (exact) mass is 455 g/mol. The van der Waals surface area contributed by atoms with Gasteiger partial charge in [-0.1, -0.05) is 6.07 Å². The molecule has 0 aliphatic carbocycles. The number of nitrogens with one attached hydrogen (secondary N) is 1. The average Bonchev–Trinajstić information content (AvgIpc) is 3.04. The van der Waals surface area contributed by atoms with Gasteiger partial charge in [-0.25, -0.2) is 4.39 Å². The molecule has 4 rings (SSSR count). The highest BCUT2D eigenvalue weighted by Gasteiger charge is 2.36. The summed E-state index contributed by atoms with van der Waals surface area (Å²) in [6.07, 6.45) is 1.68. The van der Waals surface area contributed by atoms with Gasteiger partial charge in [-0.05, 0) is 72.3 Å². The Morgan fingerprint density at radius 3 is 2.56 bits per heavy atom. The summed E-state index contributed by atoms with van der Waals surface area (Å²) in [5.41, 5.74) is 3.29. The number of carbonyl (C=O) groups is 3. The van der Waals surface area contributed by atoms with E-state index in [1.165, 1.54) is 24.3 Å². The van der Waals surface area contributed by atoms with Crippen molar-refractivity contribution in [2.75, 3.05) is 43.1 Å². The maximum atomic E-state index is 13.0. The molecule has 0 bridgehead atoms. The largest absolute Gasteiger partial charge is 0.378 e. The molecule has 0 spiro atoms. The van der Waals surface area contributed by atoms with E-state index in [1.807, 2.05) is 19.1 Å². The number of halogens is 1. The molecule has 2 fully saturated rings. The molecule has 0 radical (unpaired) electrons. The summed E-state index contributed by atoms with van der Waals surface area (Å²) in [4.78, 5) is 40.8. The van der Waals surface area contributed by atoms with Crippen LogP contribution in [0.15, 0.2) is 47.4 Å². The first-order valence-electron chi connectivity index (χ1n) is 10.1. The second-order valence-corrected chi connectivity index (χ2v) is 8.46. The third-order valence-corrected chi connectivity index (χ3v) is 6.13. The molecule has 0 unspecified atom stereocenters. The molecule has 2 aromatic rings. The number of amides is 3. The minimum atomic E-state index is -0.536. The number of ether oxygens (including phenoxy) is 1. The zero-order valence-corrected chi connectivity index (χ0v) is 18.3. The predicted molar refractivity (Wildman–Crippen MR) is 122 cm³/mol. The van der Waals surface area contributed by atoms with E-state index >= 15 is 0 Å². The van der Waals surface area contributed by atoms with Crippen molar-refractivity contribution in [1.29, 1.82) is 0 Å². The fourth-order valence-corrected chi connectivity index (χ4v) is 4.32. The highest BCUT2D eigenvalue weighted by atomic mass is 32.2. The fraction of sp³-hybridized carbons (Fsp3) is 0.261. The van der Waals surface area contributed by atoms with Crippen molar-refractivity contribution >= 4 is 46.3 Å². The molecule has 2 saturated heterocycles. The maximum absolute atomic E-state index is 13.0. The topological polar surface area (TPSA) is 79.0 Å². The average molecular weight is 456 g/mol. The molecule has 2 aromatic carbocycles. The van der Waals surface area contributed by atoms with Gasteiger partial charge in [-0.2, -0.15) is 0 Å². The van der Waals surface area contributed by atoms with Crippen LogP contribution in [0.2, 0.25) is 0 Å². The third kappa shape index (κ3) is 5.00. The van der Waals surface area contributed by atoms with Crippen molar-refractivity contribution in [3.05, 3.63) is 64.3 Å². The van der Waals surface area contributed by atoms with Crippen LogP contribution < -0.4 is 10.2 Å². The Hall–Kier alpha value is -3.17. The molecule has 0 aromatic heterocycles. The molecule has 1 N–H and O–H groups in total. The Morgan fingerprint density at radius 2 is 1.88 bits per heavy atom. The van der Waals surface area contributed by atoms with E-state index in [0.29, 0.717) is 18.9 Å². The van der Waals surface area contributed by atoms with Gasteiger partial charge < -0.3 is 15.0 Å². The molecule has 166 valence electrons. The lowest BCUT2D eigenvalue weighted by Gasteiger charge is -2.29. The van der Waals surface area contributed by atoms with Crippen LogP contribution in [0, 0.1) is 12.7 Å². The molecule has 0 atom stereocenters. The highest BCUT2D eigenvalue weighted by Crippen LogP contribution is 2.33. The second kappa shape index (κ2) is 9.54. The van der Waals surface area contributed by atoms with Gasteiger partial charge in [0.05, 0.1) is 18.1 Å². The summed E-state index contributed by atoms with van der Waals surface area (Å²) < 4.78 is 18.4. The van der Waals surface area contributed by atoms with Crippen molar-refractivity contribution in [2.24, 2.45) is 0 Å². The van der Waals surface area contributed by atoms with Gasteiger partial charge in [0.1, 0.15) is 12.4 Å². The Bertz CT molecular complexity index is 1080. The second-order valence-electron chi connectivity index (χ2n) is 7.46. The fourth-order valence-electron chi connectivity index (χ4n) is 3.49. The smallest absolute Gasteiger partial charge is 0.294 e. The standard InChI is InChI=1S/C23H22FN3O4S/c1-15-12-19(26-8-10-31-11-9-26)7-2-16(15)13-20-22(29)27(23(30)32-20)14-21(28)25-18-5-3-17(24)4-6-18/h2-7,12-13H,8-11,14H2,1H3,(H,25,28)/b20-13-. The number of aryl methyl sites for hydroxylation is 1. The van der Waals surface area contributed by atoms with E-state index in [4.69, 9.17) is 4.74 Å². The summed E-state index contributed by atoms with van der Waals surface area (Å²) in [5.74, 6) is -1.47. The van der Waals surface area contributed by atoms with Gasteiger partial charge in [-0.15, -0.1) is 0 Å². The Morgan fingerprint density at radius 1 is 1.16 bits per heavy atom. The Balaban J connectivity index is 1.43. The number of thioether (sulfide) groups is 1. The van der Waals surface area contributed by atoms with Crippen LogP contribution in [0.5, 0.6) is 0 Å². The number of anilines is 2. The minimum absolute atomic E-state index is 0.270. The number of hydrogen-bond donors (Lipinski definition) is 1. The van der Waals surface area contributed by atoms with Crippen LogP contribution in [-0.2, 0) is 14.3 Å². The van der Waals surface area contributed by atoms with Gasteiger partial charge in [0.25, 0.3) is 11.1 Å². The van der Waals surface area contributed by atoms with Gasteiger partial charge in [0.15, 0.2) is 0 Å². The van der Waals surface area contributed by atoms with Gasteiger partial charge in [-0.3, -0.25) is 19.3 Å². The predicted octanol–water partition coefficient (Wildman–Crippen LogP) is 3.65. The first-order valence-corrected chi connectivity index (χ1v) is 11.0. The molecular formula is C23H22FN3O4S. The van der Waals surface area contributed by atoms with Crippen LogP contribution in [0.1, 0.15) is 11.1 Å². The van der Waals surface area contributed by atoms with E-state index in [1.54, 1.807) is 6.08 Å². The third-order valence-electron chi connectivity index (χ3n) is 5.22. The Kier molecular flexibility index (Phi) is 6.57. The quantitative estimate of drug-likeness (QED) is 0.694. The van der Waals surface area contributed by atoms with Crippen molar-refractivity contribution in [3.8, 4) is 0 Å². The van der Waals surface area contributed by atoms with Gasteiger partial charge in [0.2, 0.25) is 5.91 Å². The molecule has 2 aliphatic heterocycles. The molecular weight excluding hydrogens is 433 g/mol. The Labute approximate surface area is 189 Å². The maximum Gasteiger partial charge on any atom is 0.294 e. The SMILES string of the molecule is Cc1cc(N2CCOCC2)ccc1/C=C1\SC(=O)N(CC(=O)Nc2ccc(F)cc2)C1=O. The molecule has 32 heavy (non-hydrogen) atoms. The summed E-state index contributed by atoms with van der Waals surface area (Å²) >= 11 is 0.810. The molecule has 9 heteroatoms. The van der Waals surface area contributed by atoms with Gasteiger partial charge in [0, 0.05) is 24.5 Å². The number of rotatable bonds is 5. The number of benzene rings is 2. The zero-order valence-electron chi connectivity index (χ0n) is 17.5. The van der Waals surface area contributed by atoms with Crippen molar-refractivity contribution in [1.82, 2.24) is 4.90 Å². The van der Waals surface area contributed by atoms with Crippen LogP contribution in [0.25, 0.3) is 6.08 Å². The number of morpholine rings is 1. The highest BCUT2D eigenvalue weighted by molar-refractivity contribution is 8.18. The van der Waals surface area contributed by atoms with Crippen molar-refractivity contribution in [2.45, 2.75) is 6.92 Å². The van der Waals surface area contributed by atoms with Crippen molar-refractivity contribution < 1.29 is 23.5 Å². The van der Waals surface area contributed by atoms with Crippen LogP contribution >= 0.6 is 11.8 Å². The lowest BCUT2D eigenvalue weighted by atomic mass is 10.1. The molecule has 0 saturated carbocycles. The summed E-state index contributed by atoms with van der Waals surface area (Å²) in [6, 6.07) is 11.2. The normalized spacial score (nSPS) is 17.9. The lowest BCUT2D eigenvalue weighted by Crippen LogP contribution is -2.36. The number of carbonyl (C=O) groups excluding carboxylic acids is 3. The van der Waals surface area contributed by atoms with E-state index in [2.05, 4.69) is 16.3 Å². The number of imide groups is 1. The first kappa shape index (κ1) is 22.0. The molecule has 2 aliphatic rings. The van der Waals surface area contributed by atoms with Gasteiger partial charge >= 0.3 is 0 Å². The van der Waals surface area contributed by atoms with Crippen LogP contribution in [0.3, 0.4) is 0 Å². The summed E-state index contributed by atoms with van der Waals surface area (Å²) in [6.45, 7) is 4.60. The first-order chi connectivity index (χ1) is 15.4. The van der Waals surface area contributed by atoms with Crippen molar-refractivity contribution in [3.63, 3.8) is 0 Å². The van der Waals surface area contributed by atoms with E-state index in [9.17, 15) is 18.8 Å². The minimum Gasteiger partial charge on any atom is -0.378 e. The summed E-state index contributed by atoms with van der Waals surface area (Å²) in [7, 11) is 0. The molecule has 3 amide bonds. The summed E-state index contributed by atoms with van der Waals surface area (Å²) in [5, 5.41) is 2.05. The van der Waals surface area contributed by atoms with Crippen LogP contribution in [-0.4, -0.2) is 54.8 Å². The zero-order chi connectivity index (χ0) is 22.7. The number of nitrogens with zero attached hydrogens (tertiary/aromatic N) is 2. The van der Waals surface area contributed by atoms with E-state index in [-0.39, 0.29) is 4.91 Å². The van der Waals surface area contributed by atoms with E-state index < -0.39 is 29.4 Å². The number of hydrogen-bond acceptors (Lipinski definition) is 6. The van der Waals surface area contributed by atoms with Crippen LogP contribution in [0.4, 0.5) is 20.6 Å². The molecule has 2 heterocycles.